The number of fused-ring (bicyclic) bond motifs is 2. The van der Waals surface area contributed by atoms with Gasteiger partial charge in [-0.1, -0.05) is 13.8 Å². The molecule has 4 fully saturated rings. The third-order valence-electron chi connectivity index (χ3n) is 10.9. The number of hydrogen-bond acceptors (Lipinski definition) is 9. The Hall–Kier alpha value is -1.10. The molecule has 0 spiro atoms. The van der Waals surface area contributed by atoms with Gasteiger partial charge in [-0.05, 0) is 99.9 Å². The van der Waals surface area contributed by atoms with Gasteiger partial charge in [-0.3, -0.25) is 14.5 Å². The molecule has 0 unspecified atom stereocenters. The highest BCUT2D eigenvalue weighted by atomic mass is 16.7. The van der Waals surface area contributed by atoms with Crippen molar-refractivity contribution in [1.82, 2.24) is 14.7 Å². The van der Waals surface area contributed by atoms with Crippen LogP contribution in [0.5, 0.6) is 0 Å². The van der Waals surface area contributed by atoms with Crippen LogP contribution >= 0.6 is 0 Å². The van der Waals surface area contributed by atoms with Crippen LogP contribution in [0.1, 0.15) is 66.7 Å². The quantitative estimate of drug-likeness (QED) is 0.368. The average Bonchev–Trinajstić information content (AvgIpc) is 2.86. The average molecular weight is 580 g/mol. The van der Waals surface area contributed by atoms with Crippen LogP contribution in [0.15, 0.2) is 0 Å². The highest BCUT2D eigenvalue weighted by Gasteiger charge is 2.58. The van der Waals surface area contributed by atoms with E-state index in [2.05, 4.69) is 63.8 Å². The number of carbonyl (C=O) groups is 2. The predicted molar refractivity (Wildman–Crippen MR) is 158 cm³/mol. The van der Waals surface area contributed by atoms with Gasteiger partial charge in [-0.15, -0.1) is 0 Å². The van der Waals surface area contributed by atoms with Gasteiger partial charge in [0.25, 0.3) is 0 Å². The molecule has 0 aromatic carbocycles. The van der Waals surface area contributed by atoms with Crippen molar-refractivity contribution in [3.63, 3.8) is 0 Å². The van der Waals surface area contributed by atoms with Crippen molar-refractivity contribution in [2.24, 2.45) is 29.1 Å². The Morgan fingerprint density at radius 3 is 2.20 bits per heavy atom. The first-order valence-corrected chi connectivity index (χ1v) is 15.7. The van der Waals surface area contributed by atoms with E-state index in [4.69, 9.17) is 18.9 Å². The van der Waals surface area contributed by atoms with E-state index >= 15 is 0 Å². The lowest BCUT2D eigenvalue weighted by Crippen LogP contribution is -2.65. The topological polar surface area (TPSA) is 80.8 Å². The van der Waals surface area contributed by atoms with E-state index in [1.165, 1.54) is 0 Å². The summed E-state index contributed by atoms with van der Waals surface area (Å²) in [5, 5.41) is 0. The number of nitrogens with zero attached hydrogens (tertiary/aromatic N) is 3. The fraction of sp³-hybridized carbons (Fsp3) is 0.938. The number of ether oxygens (including phenoxy) is 4. The van der Waals surface area contributed by atoms with Gasteiger partial charge in [0.15, 0.2) is 12.1 Å². The molecule has 3 aliphatic heterocycles. The normalized spacial score (nSPS) is 44.6. The lowest BCUT2D eigenvalue weighted by atomic mass is 9.67. The van der Waals surface area contributed by atoms with Gasteiger partial charge in [-0.25, -0.2) is 0 Å². The third kappa shape index (κ3) is 6.41. The van der Waals surface area contributed by atoms with E-state index in [9.17, 15) is 9.59 Å². The lowest BCUT2D eigenvalue weighted by Gasteiger charge is -2.56. The molecule has 9 heteroatoms. The number of methoxy groups -OCH3 is 1. The second kappa shape index (κ2) is 12.5. The van der Waals surface area contributed by atoms with Crippen LogP contribution < -0.4 is 0 Å². The smallest absolute Gasteiger partial charge is 0.319 e. The molecule has 41 heavy (non-hydrogen) atoms. The number of cyclic esters (lactones) is 1. The monoisotopic (exact) mass is 579 g/mol. The Labute approximate surface area is 248 Å². The summed E-state index contributed by atoms with van der Waals surface area (Å²) in [5.74, 6) is -0.387. The largest absolute Gasteiger partial charge is 0.463 e. The van der Waals surface area contributed by atoms with Gasteiger partial charge in [0.1, 0.15) is 12.0 Å². The van der Waals surface area contributed by atoms with E-state index in [1.54, 1.807) is 21.0 Å². The Morgan fingerprint density at radius 1 is 0.951 bits per heavy atom. The van der Waals surface area contributed by atoms with Gasteiger partial charge in [-0.2, -0.15) is 0 Å². The molecule has 0 amide bonds. The fourth-order valence-corrected chi connectivity index (χ4v) is 8.30. The van der Waals surface area contributed by atoms with Crippen molar-refractivity contribution < 1.29 is 28.5 Å². The molecule has 1 aliphatic carbocycles. The summed E-state index contributed by atoms with van der Waals surface area (Å²) in [5.41, 5.74) is -1.99. The van der Waals surface area contributed by atoms with Gasteiger partial charge < -0.3 is 28.7 Å². The third-order valence-corrected chi connectivity index (χ3v) is 10.9. The fourth-order valence-electron chi connectivity index (χ4n) is 8.30. The van der Waals surface area contributed by atoms with Crippen molar-refractivity contribution in [2.75, 3.05) is 55.5 Å². The first-order valence-electron chi connectivity index (χ1n) is 15.7. The minimum absolute atomic E-state index is 0.0500. The molecule has 0 aromatic heterocycles. The lowest BCUT2D eigenvalue weighted by molar-refractivity contribution is -0.325. The standard InChI is InChI=1S/C32H57N3O6/c1-19-15-32(38-11)16-24-25(34(8)9)12-20(2)40-29(24)41-28(32)21(3)27(36)31(4,5)30(37)39-18-26(35(10)17-19)22-13-23(14-22)33(6)7/h19-26,28-29H,12-18H2,1-11H3/t19-,20-,21+,22-,23-,24-,25+,26+,28-,29+,32+/m1/s1. The predicted octanol–water partition coefficient (Wildman–Crippen LogP) is 3.30. The highest BCUT2D eigenvalue weighted by Crippen LogP contribution is 2.48. The number of Topliss-reactive ketones (excluding diaryl/α,β-unsaturated/α-hetero) is 1. The summed E-state index contributed by atoms with van der Waals surface area (Å²) >= 11 is 0. The summed E-state index contributed by atoms with van der Waals surface area (Å²) in [6, 6.07) is 0.943. The Kier molecular flexibility index (Phi) is 9.99. The van der Waals surface area contributed by atoms with Gasteiger partial charge in [0, 0.05) is 43.6 Å². The molecule has 1 saturated carbocycles. The molecular weight excluding hydrogens is 522 g/mol. The number of rotatable bonds is 4. The molecule has 4 aliphatic rings. The number of ketones is 1. The van der Waals surface area contributed by atoms with E-state index in [-0.39, 0.29) is 35.8 Å². The van der Waals surface area contributed by atoms with Crippen LogP contribution in [0, 0.1) is 29.1 Å². The first-order chi connectivity index (χ1) is 19.1. The van der Waals surface area contributed by atoms with Crippen LogP contribution in [0.25, 0.3) is 0 Å². The first kappa shape index (κ1) is 32.8. The SMILES string of the molecule is CO[C@]12C[C@@H](C)CN(C)[C@H]([C@H]3C[C@H](N(C)C)C3)COC(=O)C(C)(C)C(=O)[C@H](C)[C@H]1O[C@@H]1O[C@H](C)C[C@H](N(C)C)[C@H]1C2. The number of likely N-dealkylation sites (N-methyl/N-ethyl adjacent to an activating group) is 1. The molecular formula is C32H57N3O6. The zero-order valence-corrected chi connectivity index (χ0v) is 27.5. The zero-order valence-electron chi connectivity index (χ0n) is 27.5. The van der Waals surface area contributed by atoms with Crippen LogP contribution in [-0.2, 0) is 28.5 Å². The molecule has 0 radical (unpaired) electrons. The van der Waals surface area contributed by atoms with E-state index in [1.807, 2.05) is 6.92 Å². The minimum atomic E-state index is -1.30. The van der Waals surface area contributed by atoms with Gasteiger partial charge in [0.2, 0.25) is 0 Å². The molecule has 9 atom stereocenters. The molecule has 236 valence electrons. The van der Waals surface area contributed by atoms with Crippen molar-refractivity contribution in [3.05, 3.63) is 0 Å². The number of carbonyl (C=O) groups excluding carboxylic acids is 2. The van der Waals surface area contributed by atoms with Crippen molar-refractivity contribution in [1.29, 1.82) is 0 Å². The highest BCUT2D eigenvalue weighted by molar-refractivity contribution is 6.04. The van der Waals surface area contributed by atoms with Gasteiger partial charge >= 0.3 is 5.97 Å². The summed E-state index contributed by atoms with van der Waals surface area (Å²) in [4.78, 5) is 34.6. The molecule has 3 saturated heterocycles. The van der Waals surface area contributed by atoms with Gasteiger partial charge in [0.05, 0.1) is 17.8 Å². The van der Waals surface area contributed by atoms with Crippen LogP contribution in [0.2, 0.25) is 0 Å². The van der Waals surface area contributed by atoms with Crippen LogP contribution in [-0.4, -0.2) is 124 Å². The van der Waals surface area contributed by atoms with Crippen molar-refractivity contribution in [2.45, 2.75) is 109 Å². The molecule has 9 nitrogen and oxygen atoms in total. The molecule has 3 heterocycles. The molecule has 4 rings (SSSR count). The second-order valence-corrected chi connectivity index (χ2v) is 14.8. The maximum Gasteiger partial charge on any atom is 0.319 e. The maximum atomic E-state index is 14.1. The number of esters is 1. The van der Waals surface area contributed by atoms with E-state index < -0.39 is 35.3 Å². The number of hydrogen-bond donors (Lipinski definition) is 0. The molecule has 0 aromatic rings. The van der Waals surface area contributed by atoms with E-state index in [0.717, 1.165) is 38.6 Å². The zero-order chi connectivity index (χ0) is 30.4. The molecule has 0 N–H and O–H groups in total. The van der Waals surface area contributed by atoms with Crippen LogP contribution in [0.4, 0.5) is 0 Å². The maximum absolute atomic E-state index is 14.1. The summed E-state index contributed by atoms with van der Waals surface area (Å²) < 4.78 is 25.7. The van der Waals surface area contributed by atoms with Crippen molar-refractivity contribution >= 4 is 11.8 Å². The summed E-state index contributed by atoms with van der Waals surface area (Å²) in [7, 11) is 12.4. The Balaban J connectivity index is 1.69. The second-order valence-electron chi connectivity index (χ2n) is 14.8. The Morgan fingerprint density at radius 2 is 1.61 bits per heavy atom. The summed E-state index contributed by atoms with van der Waals surface area (Å²) in [6.07, 6.45) is 3.66. The Bertz CT molecular complexity index is 936. The molecule has 0 bridgehead atoms. The van der Waals surface area contributed by atoms with Crippen LogP contribution in [0.3, 0.4) is 0 Å². The minimum Gasteiger partial charge on any atom is -0.463 e. The van der Waals surface area contributed by atoms with E-state index in [0.29, 0.717) is 18.6 Å². The van der Waals surface area contributed by atoms with Crippen molar-refractivity contribution in [3.8, 4) is 0 Å². The summed E-state index contributed by atoms with van der Waals surface area (Å²) in [6.45, 7) is 10.8.